The predicted octanol–water partition coefficient (Wildman–Crippen LogP) is 2.84. The first-order valence-corrected chi connectivity index (χ1v) is 6.76. The normalized spacial score (nSPS) is 9.36. The van der Waals surface area contributed by atoms with Gasteiger partial charge in [-0.1, -0.05) is 22.2 Å². The summed E-state index contributed by atoms with van der Waals surface area (Å²) in [5.41, 5.74) is 0.566. The lowest BCUT2D eigenvalue weighted by molar-refractivity contribution is 0.617. The van der Waals surface area contributed by atoms with E-state index in [4.69, 9.17) is 20.7 Å². The van der Waals surface area contributed by atoms with Crippen molar-refractivity contribution in [3.63, 3.8) is 0 Å². The maximum absolute atomic E-state index is 12.9. The number of halogens is 3. The lowest BCUT2D eigenvalue weighted by Crippen LogP contribution is -1.94. The van der Waals surface area contributed by atoms with Crippen LogP contribution < -0.4 is 0 Å². The molecule has 1 aromatic carbocycles. The smallest absolute Gasteiger partial charge is 0.345 e. The van der Waals surface area contributed by atoms with Crippen LogP contribution in [-0.4, -0.2) is 19.3 Å². The van der Waals surface area contributed by atoms with Gasteiger partial charge in [0.2, 0.25) is 0 Å². The van der Waals surface area contributed by atoms with Gasteiger partial charge in [-0.15, -0.1) is 0 Å². The Morgan fingerprint density at radius 1 is 1.45 bits per heavy atom. The van der Waals surface area contributed by atoms with E-state index in [0.29, 0.717) is 15.1 Å². The number of rotatable bonds is 2. The van der Waals surface area contributed by atoms with Crippen molar-refractivity contribution in [3.05, 3.63) is 34.6 Å². The maximum atomic E-state index is 12.9. The van der Waals surface area contributed by atoms with Crippen molar-refractivity contribution in [2.75, 3.05) is 0 Å². The van der Waals surface area contributed by atoms with Gasteiger partial charge in [0.1, 0.15) is 5.82 Å². The van der Waals surface area contributed by atoms with Crippen molar-refractivity contribution in [1.29, 1.82) is 0 Å². The van der Waals surface area contributed by atoms with E-state index in [2.05, 4.69) is 0 Å². The van der Waals surface area contributed by atoms with Gasteiger partial charge in [0.15, 0.2) is 0 Å². The molecule has 0 fully saturated rings. The maximum Gasteiger partial charge on any atom is 0.505 e. The molecule has 0 N–H and O–H groups in total. The summed E-state index contributed by atoms with van der Waals surface area (Å²) in [5.74, 6) is -0.245. The Kier molecular flexibility index (Phi) is 3.92. The summed E-state index contributed by atoms with van der Waals surface area (Å²) in [6, 6.07) is 4.68. The third kappa shape index (κ3) is 2.48. The molecule has 0 aliphatic rings. The summed E-state index contributed by atoms with van der Waals surface area (Å²) < 4.78 is 13.5. The SMILES string of the molecule is Fc1cccc(Cl)c1[CH2][Mg][Cl]. The van der Waals surface area contributed by atoms with Gasteiger partial charge in [-0.05, 0) is 17.7 Å². The van der Waals surface area contributed by atoms with Crippen LogP contribution in [0.25, 0.3) is 0 Å². The van der Waals surface area contributed by atoms with E-state index < -0.39 is 19.3 Å². The highest BCUT2D eigenvalue weighted by Gasteiger charge is 2.06. The van der Waals surface area contributed by atoms with Gasteiger partial charge < -0.3 is 9.07 Å². The van der Waals surface area contributed by atoms with Crippen molar-refractivity contribution in [1.82, 2.24) is 0 Å². The zero-order chi connectivity index (χ0) is 8.27. The molecule has 1 aromatic rings. The molecule has 0 radical (unpaired) electrons. The molecule has 0 aliphatic carbocycles. The van der Waals surface area contributed by atoms with Crippen molar-refractivity contribution < 1.29 is 4.39 Å². The number of benzene rings is 1. The minimum Gasteiger partial charge on any atom is -0.345 e. The molecule has 0 heterocycles. The highest BCUT2D eigenvalue weighted by molar-refractivity contribution is 6.93. The fraction of sp³-hybridized carbons (Fsp3) is 0.143. The summed E-state index contributed by atoms with van der Waals surface area (Å²) in [6.07, 6.45) is 0. The molecule has 0 unspecified atom stereocenters. The average molecular weight is 203 g/mol. The molecule has 0 atom stereocenters. The number of hydrogen-bond donors (Lipinski definition) is 0. The van der Waals surface area contributed by atoms with Gasteiger partial charge >= 0.3 is 19.3 Å². The highest BCUT2D eigenvalue weighted by atomic mass is 35.5. The molecule has 1 rings (SSSR count). The molecule has 0 amide bonds. The van der Waals surface area contributed by atoms with E-state index in [9.17, 15) is 4.39 Å². The van der Waals surface area contributed by atoms with Gasteiger partial charge in [0, 0.05) is 5.02 Å². The first-order valence-electron chi connectivity index (χ1n) is 3.24. The first kappa shape index (κ1) is 9.58. The van der Waals surface area contributed by atoms with Gasteiger partial charge in [-0.25, -0.2) is 4.39 Å². The fourth-order valence-electron chi connectivity index (χ4n) is 0.866. The van der Waals surface area contributed by atoms with E-state index in [1.54, 1.807) is 12.1 Å². The molecule has 56 valence electrons. The van der Waals surface area contributed by atoms with Crippen molar-refractivity contribution in [3.8, 4) is 0 Å². The quantitative estimate of drug-likeness (QED) is 0.648. The molecule has 0 bridgehead atoms. The van der Waals surface area contributed by atoms with Gasteiger partial charge in [-0.2, -0.15) is 0 Å². The van der Waals surface area contributed by atoms with Gasteiger partial charge in [0.25, 0.3) is 0 Å². The largest absolute Gasteiger partial charge is 0.505 e. The molecule has 0 aliphatic heterocycles. The summed E-state index contributed by atoms with van der Waals surface area (Å²) in [4.78, 5) is 0. The molecule has 4 heteroatoms. The van der Waals surface area contributed by atoms with E-state index >= 15 is 0 Å². The summed E-state index contributed by atoms with van der Waals surface area (Å²) in [5, 5.41) is 0.484. The Morgan fingerprint density at radius 2 is 2.18 bits per heavy atom. The lowest BCUT2D eigenvalue weighted by Gasteiger charge is -2.01. The van der Waals surface area contributed by atoms with E-state index in [1.807, 2.05) is 0 Å². The molecule has 0 nitrogen and oxygen atoms in total. The predicted molar refractivity (Wildman–Crippen MR) is 46.7 cm³/mol. The summed E-state index contributed by atoms with van der Waals surface area (Å²) in [7, 11) is 5.59. The first-order chi connectivity index (χ1) is 5.25. The van der Waals surface area contributed by atoms with Crippen LogP contribution in [0.4, 0.5) is 4.39 Å². The molecular weight excluding hydrogens is 198 g/mol. The van der Waals surface area contributed by atoms with Crippen LogP contribution in [0.2, 0.25) is 5.02 Å². The molecule has 0 spiro atoms. The van der Waals surface area contributed by atoms with Crippen LogP contribution in [0.3, 0.4) is 0 Å². The second kappa shape index (κ2) is 4.50. The second-order valence-electron chi connectivity index (χ2n) is 2.14. The minimum absolute atomic E-state index is 0.245. The van der Waals surface area contributed by atoms with E-state index in [-0.39, 0.29) is 5.82 Å². The van der Waals surface area contributed by atoms with Gasteiger partial charge in [-0.3, -0.25) is 0 Å². The standard InChI is InChI=1S/C7H5ClF.ClH.Mg/c1-5-6(8)3-2-4-7(5)9;;/h2-4H,1H2;1H;/q;;+1/p-1. The average Bonchev–Trinajstić information content (AvgIpc) is 1.97. The van der Waals surface area contributed by atoms with Crippen LogP contribution in [-0.2, 0) is 4.55 Å². The van der Waals surface area contributed by atoms with Crippen LogP contribution >= 0.6 is 20.7 Å². The lowest BCUT2D eigenvalue weighted by atomic mass is 10.2. The van der Waals surface area contributed by atoms with Crippen molar-refractivity contribution >= 4 is 39.9 Å². The molecule has 0 saturated heterocycles. The van der Waals surface area contributed by atoms with Crippen molar-refractivity contribution in [2.45, 2.75) is 4.55 Å². The third-order valence-corrected chi connectivity index (χ3v) is 3.02. The van der Waals surface area contributed by atoms with Crippen LogP contribution in [0.1, 0.15) is 5.56 Å². The minimum atomic E-state index is -0.679. The second-order valence-corrected chi connectivity index (χ2v) is 4.56. The zero-order valence-corrected chi connectivity index (χ0v) is 8.71. The molecule has 0 aromatic heterocycles. The van der Waals surface area contributed by atoms with Crippen molar-refractivity contribution in [2.24, 2.45) is 0 Å². The Hall–Kier alpha value is 0.496. The Morgan fingerprint density at radius 3 is 2.73 bits per heavy atom. The summed E-state index contributed by atoms with van der Waals surface area (Å²) >= 11 is 5.05. The zero-order valence-electron chi connectivity index (χ0n) is 5.78. The van der Waals surface area contributed by atoms with Gasteiger partial charge in [0.05, 0.1) is 0 Å². The van der Waals surface area contributed by atoms with Crippen LogP contribution in [0, 0.1) is 5.82 Å². The molecular formula is C7H5Cl2FMg. The summed E-state index contributed by atoms with van der Waals surface area (Å²) in [6.45, 7) is 0. The monoisotopic (exact) mass is 202 g/mol. The Balaban J connectivity index is 3.00. The van der Waals surface area contributed by atoms with E-state index in [0.717, 1.165) is 0 Å². The highest BCUT2D eigenvalue weighted by Crippen LogP contribution is 2.18. The topological polar surface area (TPSA) is 0 Å². The molecule has 11 heavy (non-hydrogen) atoms. The van der Waals surface area contributed by atoms with Crippen LogP contribution in [0.5, 0.6) is 0 Å². The fourth-order valence-corrected chi connectivity index (χ4v) is 2.55. The molecule has 0 saturated carbocycles. The van der Waals surface area contributed by atoms with Crippen LogP contribution in [0.15, 0.2) is 18.2 Å². The third-order valence-electron chi connectivity index (χ3n) is 1.41. The Labute approximate surface area is 83.2 Å². The van der Waals surface area contributed by atoms with E-state index in [1.165, 1.54) is 6.07 Å². The Bertz CT molecular complexity index is 232. The number of hydrogen-bond acceptors (Lipinski definition) is 0.